The molecule has 0 spiro atoms. The Hall–Kier alpha value is -2.15. The molecule has 204 valence electrons. The standard InChI is InChI=1S/C25H28F6N2O3S/c1-16-11-17(3-10-22(16)18-4-6-19(7-5-18)23(2,34)25(29,30)31)12-32-13-20-8-9-21(14-32)33(20)37(35,36)15-24(26,27)28/h3-7,10-11,20-21,34H,8-9,12-15H2,1-2H3. The molecule has 0 amide bonds. The second kappa shape index (κ2) is 9.55. The molecule has 2 aromatic rings. The van der Waals surface area contributed by atoms with Crippen LogP contribution in [0.25, 0.3) is 11.1 Å². The average Bonchev–Trinajstić information content (AvgIpc) is 3.04. The van der Waals surface area contributed by atoms with Crippen LogP contribution in [-0.4, -0.2) is 66.0 Å². The predicted molar refractivity (Wildman–Crippen MR) is 126 cm³/mol. The Morgan fingerprint density at radius 2 is 1.51 bits per heavy atom. The third-order valence-electron chi connectivity index (χ3n) is 7.17. The van der Waals surface area contributed by atoms with E-state index in [1.165, 1.54) is 24.3 Å². The van der Waals surface area contributed by atoms with Crippen molar-refractivity contribution < 1.29 is 39.9 Å². The van der Waals surface area contributed by atoms with E-state index in [1.54, 1.807) is 0 Å². The Morgan fingerprint density at radius 1 is 0.946 bits per heavy atom. The molecule has 2 saturated heterocycles. The van der Waals surface area contributed by atoms with Crippen molar-refractivity contribution in [1.29, 1.82) is 0 Å². The summed E-state index contributed by atoms with van der Waals surface area (Å²) in [5.41, 5.74) is 0.0902. The third-order valence-corrected chi connectivity index (χ3v) is 9.10. The normalized spacial score (nSPS) is 23.3. The lowest BCUT2D eigenvalue weighted by molar-refractivity contribution is -0.258. The van der Waals surface area contributed by atoms with Gasteiger partial charge in [-0.25, -0.2) is 8.42 Å². The summed E-state index contributed by atoms with van der Waals surface area (Å²) in [6.45, 7) is 3.75. The highest BCUT2D eigenvalue weighted by molar-refractivity contribution is 7.89. The lowest BCUT2D eigenvalue weighted by Crippen LogP contribution is -2.56. The minimum atomic E-state index is -4.81. The van der Waals surface area contributed by atoms with Crippen LogP contribution in [0.15, 0.2) is 42.5 Å². The van der Waals surface area contributed by atoms with E-state index in [-0.39, 0.29) is 5.56 Å². The zero-order chi connectivity index (χ0) is 27.4. The van der Waals surface area contributed by atoms with E-state index in [4.69, 9.17) is 0 Å². The van der Waals surface area contributed by atoms with Crippen molar-refractivity contribution in [3.63, 3.8) is 0 Å². The fourth-order valence-electron chi connectivity index (χ4n) is 5.36. The van der Waals surface area contributed by atoms with Gasteiger partial charge in [-0.3, -0.25) is 4.90 Å². The molecule has 2 aliphatic rings. The Labute approximate surface area is 211 Å². The van der Waals surface area contributed by atoms with Gasteiger partial charge in [0.05, 0.1) is 0 Å². The summed E-state index contributed by atoms with van der Waals surface area (Å²) in [5.74, 6) is -1.84. The SMILES string of the molecule is Cc1cc(CN2CC3CCC(C2)N3S(=O)(=O)CC(F)(F)F)ccc1-c1ccc(C(C)(O)C(F)(F)F)cc1. The van der Waals surface area contributed by atoms with Crippen LogP contribution in [0.3, 0.4) is 0 Å². The molecule has 3 atom stereocenters. The number of sulfonamides is 1. The van der Waals surface area contributed by atoms with E-state index in [2.05, 4.69) is 0 Å². The first-order chi connectivity index (χ1) is 17.0. The van der Waals surface area contributed by atoms with Crippen molar-refractivity contribution >= 4 is 10.0 Å². The van der Waals surface area contributed by atoms with Gasteiger partial charge in [0.15, 0.2) is 11.4 Å². The van der Waals surface area contributed by atoms with Crippen molar-refractivity contribution in [3.05, 3.63) is 59.2 Å². The lowest BCUT2D eigenvalue weighted by atomic mass is 9.92. The Morgan fingerprint density at radius 3 is 2.00 bits per heavy atom. The van der Waals surface area contributed by atoms with Crippen LogP contribution in [-0.2, 0) is 22.2 Å². The molecule has 2 bridgehead atoms. The van der Waals surface area contributed by atoms with Crippen LogP contribution in [0.2, 0.25) is 0 Å². The van der Waals surface area contributed by atoms with Crippen LogP contribution < -0.4 is 0 Å². The lowest BCUT2D eigenvalue weighted by Gasteiger charge is -2.40. The predicted octanol–water partition coefficient (Wildman–Crippen LogP) is 4.97. The Kier molecular flexibility index (Phi) is 7.19. The van der Waals surface area contributed by atoms with Gasteiger partial charge in [-0.05, 0) is 54.5 Å². The first-order valence-corrected chi connectivity index (χ1v) is 13.4. The number of halogens is 6. The van der Waals surface area contributed by atoms with E-state index in [0.717, 1.165) is 21.0 Å². The number of hydrogen-bond donors (Lipinski definition) is 1. The maximum Gasteiger partial charge on any atom is 0.421 e. The fourth-order valence-corrected chi connectivity index (χ4v) is 7.18. The highest BCUT2D eigenvalue weighted by atomic mass is 32.2. The zero-order valence-electron chi connectivity index (χ0n) is 20.3. The molecule has 5 nitrogen and oxygen atoms in total. The monoisotopic (exact) mass is 550 g/mol. The van der Waals surface area contributed by atoms with Crippen molar-refractivity contribution in [2.45, 2.75) is 63.3 Å². The number of hydrogen-bond acceptors (Lipinski definition) is 4. The number of benzene rings is 2. The van der Waals surface area contributed by atoms with Gasteiger partial charge in [0.25, 0.3) is 0 Å². The summed E-state index contributed by atoms with van der Waals surface area (Å²) in [6.07, 6.45) is -8.55. The highest BCUT2D eigenvalue weighted by Crippen LogP contribution is 2.39. The van der Waals surface area contributed by atoms with Gasteiger partial charge in [-0.15, -0.1) is 0 Å². The van der Waals surface area contributed by atoms with Crippen molar-refractivity contribution in [3.8, 4) is 11.1 Å². The van der Waals surface area contributed by atoms with Gasteiger partial charge in [0.2, 0.25) is 10.0 Å². The largest absolute Gasteiger partial charge is 0.421 e. The molecule has 37 heavy (non-hydrogen) atoms. The smallest absolute Gasteiger partial charge is 0.376 e. The fraction of sp³-hybridized carbons (Fsp3) is 0.520. The van der Waals surface area contributed by atoms with E-state index in [1.807, 2.05) is 30.0 Å². The van der Waals surface area contributed by atoms with Crippen molar-refractivity contribution in [2.24, 2.45) is 0 Å². The minimum absolute atomic E-state index is 0.260. The van der Waals surface area contributed by atoms with Gasteiger partial charge in [-0.1, -0.05) is 42.5 Å². The maximum atomic E-state index is 13.1. The number of rotatable bonds is 6. The van der Waals surface area contributed by atoms with E-state index < -0.39 is 45.8 Å². The number of fused-ring (bicyclic) bond motifs is 2. The molecule has 4 rings (SSSR count). The molecule has 2 aromatic carbocycles. The van der Waals surface area contributed by atoms with Gasteiger partial charge in [0.1, 0.15) is 0 Å². The average molecular weight is 551 g/mol. The van der Waals surface area contributed by atoms with E-state index in [9.17, 15) is 39.9 Å². The Balaban J connectivity index is 1.45. The number of likely N-dealkylation sites (tertiary alicyclic amines) is 1. The number of aliphatic hydroxyl groups is 1. The number of alkyl halides is 6. The molecule has 2 heterocycles. The highest BCUT2D eigenvalue weighted by Gasteiger charge is 2.51. The second-order valence-corrected chi connectivity index (χ2v) is 12.0. The van der Waals surface area contributed by atoms with E-state index >= 15 is 0 Å². The first kappa shape index (κ1) is 27.9. The second-order valence-electron chi connectivity index (χ2n) is 10.1. The van der Waals surface area contributed by atoms with Crippen LogP contribution in [0.1, 0.15) is 36.5 Å². The maximum absolute atomic E-state index is 13.1. The first-order valence-electron chi connectivity index (χ1n) is 11.8. The summed E-state index contributed by atoms with van der Waals surface area (Å²) in [6, 6.07) is 10.2. The molecule has 1 N–H and O–H groups in total. The van der Waals surface area contributed by atoms with Gasteiger partial charge < -0.3 is 5.11 Å². The molecule has 2 aliphatic heterocycles. The molecule has 0 saturated carbocycles. The van der Waals surface area contributed by atoms with Gasteiger partial charge >= 0.3 is 12.4 Å². The summed E-state index contributed by atoms with van der Waals surface area (Å²) in [7, 11) is -4.43. The molecule has 3 unspecified atom stereocenters. The molecule has 0 aromatic heterocycles. The molecule has 0 radical (unpaired) electrons. The summed E-state index contributed by atoms with van der Waals surface area (Å²) >= 11 is 0. The minimum Gasteiger partial charge on any atom is -0.376 e. The van der Waals surface area contributed by atoms with Crippen LogP contribution in [0.4, 0.5) is 26.3 Å². The summed E-state index contributed by atoms with van der Waals surface area (Å²) < 4.78 is 104. The van der Waals surface area contributed by atoms with Crippen LogP contribution in [0, 0.1) is 6.92 Å². The molecule has 0 aliphatic carbocycles. The molecular formula is C25H28F6N2O3S. The summed E-state index contributed by atoms with van der Waals surface area (Å²) in [4.78, 5) is 2.05. The Bertz CT molecular complexity index is 1230. The third kappa shape index (κ3) is 5.81. The number of nitrogens with zero attached hydrogens (tertiary/aromatic N) is 2. The van der Waals surface area contributed by atoms with Crippen LogP contribution in [0.5, 0.6) is 0 Å². The molecule has 12 heteroatoms. The molecule has 2 fully saturated rings. The van der Waals surface area contributed by atoms with Gasteiger partial charge in [0, 0.05) is 31.7 Å². The van der Waals surface area contributed by atoms with Crippen molar-refractivity contribution in [2.75, 3.05) is 18.8 Å². The van der Waals surface area contributed by atoms with E-state index in [0.29, 0.717) is 45.0 Å². The summed E-state index contributed by atoms with van der Waals surface area (Å²) in [5, 5.41) is 9.87. The topological polar surface area (TPSA) is 60.9 Å². The van der Waals surface area contributed by atoms with Crippen molar-refractivity contribution in [1.82, 2.24) is 9.21 Å². The number of piperazine rings is 1. The van der Waals surface area contributed by atoms with Crippen LogP contribution >= 0.6 is 0 Å². The van der Waals surface area contributed by atoms with Gasteiger partial charge in [-0.2, -0.15) is 30.6 Å². The number of aryl methyl sites for hydroxylation is 1. The zero-order valence-corrected chi connectivity index (χ0v) is 21.1. The molecular weight excluding hydrogens is 522 g/mol. The quantitative estimate of drug-likeness (QED) is 0.516.